The van der Waals surface area contributed by atoms with Crippen molar-refractivity contribution in [1.82, 2.24) is 4.90 Å². The molecule has 2 aliphatic carbocycles. The van der Waals surface area contributed by atoms with Gasteiger partial charge in [0.1, 0.15) is 29.0 Å². The van der Waals surface area contributed by atoms with Gasteiger partial charge in [0.15, 0.2) is 0 Å². The van der Waals surface area contributed by atoms with E-state index in [1.807, 2.05) is 30.3 Å². The molecule has 3 aromatic rings. The fraction of sp³-hybridized carbons (Fsp3) is 0.500. The van der Waals surface area contributed by atoms with Crippen molar-refractivity contribution >= 4 is 17.5 Å². The van der Waals surface area contributed by atoms with E-state index >= 15 is 0 Å². The number of aliphatic hydroxyl groups is 2. The topological polar surface area (TPSA) is 172 Å². The van der Waals surface area contributed by atoms with Gasteiger partial charge in [0.05, 0.1) is 29.8 Å². The van der Waals surface area contributed by atoms with Gasteiger partial charge in [0.2, 0.25) is 12.1 Å². The highest BCUT2D eigenvalue weighted by molar-refractivity contribution is 6.03. The average molecular weight is 854 g/mol. The number of rotatable bonds is 18. The summed E-state index contributed by atoms with van der Waals surface area (Å²) in [6, 6.07) is 16.4. The largest absolute Gasteiger partial charge is 0.459 e. The second kappa shape index (κ2) is 20.3. The Labute approximate surface area is 363 Å². The minimum atomic E-state index is -1.50. The number of carbonyl (C=O) groups is 1. The zero-order valence-electron chi connectivity index (χ0n) is 35.9. The summed E-state index contributed by atoms with van der Waals surface area (Å²) in [6.07, 6.45) is 9.86. The molecule has 1 amide bonds. The first-order valence-corrected chi connectivity index (χ1v) is 21.9. The molecule has 2 N–H and O–H groups in total. The number of allylic oxidation sites excluding steroid dienone is 1. The highest BCUT2D eigenvalue weighted by Crippen LogP contribution is 2.62. The van der Waals surface area contributed by atoms with Crippen molar-refractivity contribution < 1.29 is 48.5 Å². The molecule has 3 aromatic carbocycles. The molecule has 332 valence electrons. The fourth-order valence-electron chi connectivity index (χ4n) is 9.56. The van der Waals surface area contributed by atoms with Crippen molar-refractivity contribution in [3.05, 3.63) is 112 Å². The zero-order chi connectivity index (χ0) is 43.8. The third kappa shape index (κ3) is 9.68. The summed E-state index contributed by atoms with van der Waals surface area (Å²) < 4.78 is 32.5. The van der Waals surface area contributed by atoms with Crippen LogP contribution in [0.15, 0.2) is 90.1 Å². The van der Waals surface area contributed by atoms with Gasteiger partial charge in [-0.25, -0.2) is 4.79 Å². The molecular weight excluding hydrogens is 795 g/mol. The Kier molecular flexibility index (Phi) is 14.6. The number of fused-ring (bicyclic) bond motifs is 2. The Morgan fingerprint density at radius 3 is 2.40 bits per heavy atom. The van der Waals surface area contributed by atoms with Gasteiger partial charge in [-0.05, 0) is 123 Å². The fourth-order valence-corrected chi connectivity index (χ4v) is 9.56. The maximum Gasteiger partial charge on any atom is 0.415 e. The van der Waals surface area contributed by atoms with Gasteiger partial charge in [-0.1, -0.05) is 36.2 Å². The molecule has 14 heteroatoms. The third-order valence-corrected chi connectivity index (χ3v) is 12.8. The lowest BCUT2D eigenvalue weighted by molar-refractivity contribution is -0.384. The monoisotopic (exact) mass is 853 g/mol. The van der Waals surface area contributed by atoms with Crippen LogP contribution in [0.25, 0.3) is 0 Å². The number of hydrogen-bond acceptors (Lipinski definition) is 12. The highest BCUT2D eigenvalue weighted by atomic mass is 16.8. The molecule has 62 heavy (non-hydrogen) atoms. The number of ether oxygens (including phenoxy) is 5. The van der Waals surface area contributed by atoms with Gasteiger partial charge in [-0.3, -0.25) is 10.1 Å². The van der Waals surface area contributed by atoms with E-state index in [0.29, 0.717) is 48.8 Å². The van der Waals surface area contributed by atoms with Crippen LogP contribution in [-0.2, 0) is 14.3 Å². The lowest BCUT2D eigenvalue weighted by Crippen LogP contribution is -2.69. The Hall–Kier alpha value is -5.28. The Morgan fingerprint density at radius 1 is 0.984 bits per heavy atom. The van der Waals surface area contributed by atoms with Gasteiger partial charge in [0, 0.05) is 56.7 Å². The van der Waals surface area contributed by atoms with Crippen molar-refractivity contribution in [2.24, 2.45) is 22.9 Å². The number of amides is 1. The number of aryl methyl sites for hydroxylation is 2. The van der Waals surface area contributed by atoms with E-state index < -0.39 is 35.1 Å². The predicted octanol–water partition coefficient (Wildman–Crippen LogP) is 9.29. The van der Waals surface area contributed by atoms with Gasteiger partial charge in [0.25, 0.3) is 5.69 Å². The standard InChI is InChI=1S/C48H59N3O11/c1-5-25-58-48-43(50(4)47(54)60-35-19-16-34(17-20-35)51(55)56)30-41(49-62-44-14-8-11-26-57-44)39-28-33(12-6-9-23-52)38(13-7-10-24-53)45(46(39)48)40-29-37(21-22-42(40)61-48)59-36-18-15-31(2)32(3)27-36/h5,15-22,27-29,33,38,43-46,52-53H,1,6-14,23-26,30H2,2-4H3. The maximum atomic E-state index is 14.3. The number of nitro benzene ring substituents is 1. The summed E-state index contributed by atoms with van der Waals surface area (Å²) in [6.45, 7) is 8.92. The summed E-state index contributed by atoms with van der Waals surface area (Å²) in [5.74, 6) is -0.176. The van der Waals surface area contributed by atoms with Crippen LogP contribution in [0, 0.1) is 41.7 Å². The van der Waals surface area contributed by atoms with Crippen LogP contribution in [-0.4, -0.2) is 83.4 Å². The first kappa shape index (κ1) is 44.8. The van der Waals surface area contributed by atoms with Crippen LogP contribution < -0.4 is 14.2 Å². The lowest BCUT2D eigenvalue weighted by atomic mass is 9.55. The van der Waals surface area contributed by atoms with Gasteiger partial charge >= 0.3 is 6.09 Å². The van der Waals surface area contributed by atoms with Crippen molar-refractivity contribution in [3.63, 3.8) is 0 Å². The second-order valence-corrected chi connectivity index (χ2v) is 16.8. The van der Waals surface area contributed by atoms with Crippen LogP contribution in [0.1, 0.15) is 86.8 Å². The summed E-state index contributed by atoms with van der Waals surface area (Å²) in [7, 11) is 1.63. The molecule has 2 fully saturated rings. The zero-order valence-corrected chi connectivity index (χ0v) is 35.9. The van der Waals surface area contributed by atoms with E-state index in [0.717, 1.165) is 60.8 Å². The molecule has 7 unspecified atom stereocenters. The summed E-state index contributed by atoms with van der Waals surface area (Å²) in [4.78, 5) is 32.8. The van der Waals surface area contributed by atoms with Gasteiger partial charge < -0.3 is 43.6 Å². The smallest absolute Gasteiger partial charge is 0.415 e. The molecule has 4 aliphatic rings. The predicted molar refractivity (Wildman–Crippen MR) is 233 cm³/mol. The highest BCUT2D eigenvalue weighted by Gasteiger charge is 2.65. The maximum absolute atomic E-state index is 14.3. The number of likely N-dealkylation sites (N-methyl/N-ethyl adjacent to an activating group) is 1. The molecule has 1 saturated heterocycles. The summed E-state index contributed by atoms with van der Waals surface area (Å²) in [5, 5.41) is 36.1. The molecule has 0 bridgehead atoms. The van der Waals surface area contributed by atoms with E-state index in [9.17, 15) is 25.1 Å². The number of hydrogen-bond donors (Lipinski definition) is 2. The second-order valence-electron chi connectivity index (χ2n) is 16.8. The van der Waals surface area contributed by atoms with Crippen LogP contribution in [0.3, 0.4) is 0 Å². The summed E-state index contributed by atoms with van der Waals surface area (Å²) >= 11 is 0. The molecule has 14 nitrogen and oxygen atoms in total. The van der Waals surface area contributed by atoms with E-state index in [1.54, 1.807) is 13.1 Å². The average Bonchev–Trinajstić information content (AvgIpc) is 3.27. The Balaban J connectivity index is 1.39. The number of carbonyl (C=O) groups excluding carboxylic acids is 1. The van der Waals surface area contributed by atoms with Crippen molar-refractivity contribution in [3.8, 4) is 23.0 Å². The van der Waals surface area contributed by atoms with Crippen LogP contribution >= 0.6 is 0 Å². The number of nitrogens with zero attached hydrogens (tertiary/aromatic N) is 3. The molecule has 2 heterocycles. The number of unbranched alkanes of at least 4 members (excludes halogenated alkanes) is 2. The number of benzene rings is 3. The molecule has 2 aliphatic heterocycles. The molecule has 0 spiro atoms. The first-order valence-electron chi connectivity index (χ1n) is 21.9. The molecule has 7 atom stereocenters. The normalized spacial score (nSPS) is 25.7. The van der Waals surface area contributed by atoms with Crippen molar-refractivity contribution in [2.75, 3.05) is 33.5 Å². The van der Waals surface area contributed by atoms with Gasteiger partial charge in [-0.2, -0.15) is 0 Å². The van der Waals surface area contributed by atoms with E-state index in [2.05, 4.69) is 32.6 Å². The molecular formula is C48H59N3O11. The van der Waals surface area contributed by atoms with Crippen molar-refractivity contribution in [2.45, 2.75) is 102 Å². The molecule has 0 aromatic heterocycles. The minimum Gasteiger partial charge on any atom is -0.459 e. The quantitative estimate of drug-likeness (QED) is 0.0541. The van der Waals surface area contributed by atoms with Crippen molar-refractivity contribution in [1.29, 1.82) is 0 Å². The molecule has 0 radical (unpaired) electrons. The van der Waals surface area contributed by atoms with E-state index in [1.165, 1.54) is 29.2 Å². The van der Waals surface area contributed by atoms with E-state index in [-0.39, 0.29) is 55.4 Å². The molecule has 1 saturated carbocycles. The first-order chi connectivity index (χ1) is 30.1. The number of nitro groups is 1. The number of non-ortho nitro benzene ring substituents is 1. The number of aliphatic hydroxyl groups excluding tert-OH is 2. The van der Waals surface area contributed by atoms with Crippen LogP contribution in [0.4, 0.5) is 10.5 Å². The lowest BCUT2D eigenvalue weighted by Gasteiger charge is -2.59. The van der Waals surface area contributed by atoms with Gasteiger partial charge in [-0.15, -0.1) is 6.58 Å². The number of oxime groups is 1. The van der Waals surface area contributed by atoms with Crippen LogP contribution in [0.5, 0.6) is 23.0 Å². The SMILES string of the molecule is C=CCOC12Oc3ccc(Oc4ccc(C)c(C)c4)cc3C3C(CCCCO)C(CCCCO)C=C(C(=NOC4CCCCO4)CC1N(C)C(=O)Oc1ccc([N+](=O)[O-])cc1)C32. The Morgan fingerprint density at radius 2 is 1.71 bits per heavy atom. The summed E-state index contributed by atoms with van der Waals surface area (Å²) in [5.41, 5.74) is 4.59. The van der Waals surface area contributed by atoms with E-state index in [4.69, 9.17) is 33.7 Å². The third-order valence-electron chi connectivity index (χ3n) is 12.8. The molecule has 7 rings (SSSR count). The minimum absolute atomic E-state index is 0.0141. The van der Waals surface area contributed by atoms with Crippen LogP contribution in [0.2, 0.25) is 0 Å². The Bertz CT molecular complexity index is 2120.